The molecule has 0 spiro atoms. The van der Waals surface area contributed by atoms with Crippen molar-refractivity contribution in [3.63, 3.8) is 0 Å². The Labute approximate surface area is 121 Å². The van der Waals surface area contributed by atoms with Gasteiger partial charge in [-0.3, -0.25) is 0 Å². The molecule has 1 fully saturated rings. The molecule has 2 N–H and O–H groups in total. The number of carboxylic acids is 1. The Hall–Kier alpha value is -1.15. The van der Waals surface area contributed by atoms with Crippen LogP contribution in [0.1, 0.15) is 23.2 Å². The maximum atomic E-state index is 12.5. The number of nitrogens with zero attached hydrogens (tertiary/aromatic N) is 1. The largest absolute Gasteiger partial charge is 0.478 e. The zero-order valence-electron chi connectivity index (χ0n) is 10.5. The molecule has 2 rings (SSSR count). The zero-order chi connectivity index (χ0) is 14.9. The van der Waals surface area contributed by atoms with Gasteiger partial charge in [0, 0.05) is 13.1 Å². The molecule has 1 aromatic rings. The van der Waals surface area contributed by atoms with E-state index in [1.165, 1.54) is 12.1 Å². The summed E-state index contributed by atoms with van der Waals surface area (Å²) in [6, 6.07) is 3.54. The molecule has 0 aromatic heterocycles. The Morgan fingerprint density at radius 3 is 2.70 bits per heavy atom. The van der Waals surface area contributed by atoms with Crippen molar-refractivity contribution < 1.29 is 23.4 Å². The van der Waals surface area contributed by atoms with Crippen molar-refractivity contribution in [2.24, 2.45) is 0 Å². The molecule has 110 valence electrons. The SMILES string of the molecule is O=C(O)c1ccc(Cl)c(S(=O)(=O)N2CCC[C@H](O)C2)c1. The number of piperidine rings is 1. The van der Waals surface area contributed by atoms with Crippen LogP contribution in [-0.4, -0.2) is 48.1 Å². The second kappa shape index (κ2) is 5.69. The number of hydrogen-bond acceptors (Lipinski definition) is 4. The molecule has 1 heterocycles. The normalized spacial score (nSPS) is 20.8. The van der Waals surface area contributed by atoms with Crippen LogP contribution in [0.25, 0.3) is 0 Å². The van der Waals surface area contributed by atoms with Crippen molar-refractivity contribution >= 4 is 27.6 Å². The smallest absolute Gasteiger partial charge is 0.335 e. The first-order valence-corrected chi connectivity index (χ1v) is 7.85. The standard InChI is InChI=1S/C12H14ClNO5S/c13-10-4-3-8(12(16)17)6-11(10)20(18,19)14-5-1-2-9(15)7-14/h3-4,6,9,15H,1-2,5,7H2,(H,16,17)/t9-/m0/s1. The predicted octanol–water partition coefficient (Wildman–Crippen LogP) is 1.18. The van der Waals surface area contributed by atoms with Crippen LogP contribution in [0.3, 0.4) is 0 Å². The highest BCUT2D eigenvalue weighted by Gasteiger charge is 2.31. The summed E-state index contributed by atoms with van der Waals surface area (Å²) in [4.78, 5) is 10.7. The highest BCUT2D eigenvalue weighted by molar-refractivity contribution is 7.89. The van der Waals surface area contributed by atoms with Gasteiger partial charge in [-0.2, -0.15) is 4.31 Å². The Morgan fingerprint density at radius 1 is 1.40 bits per heavy atom. The molecule has 0 bridgehead atoms. The first-order chi connectivity index (χ1) is 9.32. The number of aromatic carboxylic acids is 1. The highest BCUT2D eigenvalue weighted by atomic mass is 35.5. The first-order valence-electron chi connectivity index (χ1n) is 6.03. The number of hydrogen-bond donors (Lipinski definition) is 2. The molecule has 1 atom stereocenters. The van der Waals surface area contributed by atoms with Crippen LogP contribution in [0.5, 0.6) is 0 Å². The van der Waals surface area contributed by atoms with Crippen LogP contribution < -0.4 is 0 Å². The van der Waals surface area contributed by atoms with Crippen molar-refractivity contribution in [1.29, 1.82) is 0 Å². The summed E-state index contributed by atoms with van der Waals surface area (Å²) in [5, 5.41) is 18.5. The van der Waals surface area contributed by atoms with Gasteiger partial charge in [0.15, 0.2) is 0 Å². The number of benzene rings is 1. The van der Waals surface area contributed by atoms with Gasteiger partial charge in [-0.15, -0.1) is 0 Å². The Morgan fingerprint density at radius 2 is 2.10 bits per heavy atom. The van der Waals surface area contributed by atoms with Crippen molar-refractivity contribution in [2.45, 2.75) is 23.8 Å². The molecule has 20 heavy (non-hydrogen) atoms. The summed E-state index contributed by atoms with van der Waals surface area (Å²) in [5.74, 6) is -1.23. The predicted molar refractivity (Wildman–Crippen MR) is 72.4 cm³/mol. The quantitative estimate of drug-likeness (QED) is 0.872. The molecule has 6 nitrogen and oxygen atoms in total. The monoisotopic (exact) mass is 319 g/mol. The fourth-order valence-corrected chi connectivity index (χ4v) is 4.13. The van der Waals surface area contributed by atoms with Crippen LogP contribution in [0, 0.1) is 0 Å². The summed E-state index contributed by atoms with van der Waals surface area (Å²) < 4.78 is 26.1. The van der Waals surface area contributed by atoms with Gasteiger partial charge in [0.1, 0.15) is 4.90 Å². The van der Waals surface area contributed by atoms with E-state index in [2.05, 4.69) is 0 Å². The lowest BCUT2D eigenvalue weighted by molar-refractivity contribution is 0.0696. The lowest BCUT2D eigenvalue weighted by atomic mass is 10.1. The second-order valence-electron chi connectivity index (χ2n) is 4.61. The number of β-amino-alcohol motifs (C(OH)–C–C–N with tert-alkyl or cyclic N) is 1. The third-order valence-corrected chi connectivity index (χ3v) is 5.50. The van der Waals surface area contributed by atoms with Gasteiger partial charge in [0.05, 0.1) is 16.7 Å². The number of aliphatic hydroxyl groups is 1. The minimum atomic E-state index is -3.90. The molecule has 0 radical (unpaired) electrons. The molecule has 1 aliphatic rings. The molecule has 0 saturated carbocycles. The minimum Gasteiger partial charge on any atom is -0.478 e. The van der Waals surface area contributed by atoms with Crippen molar-refractivity contribution in [1.82, 2.24) is 4.31 Å². The number of sulfonamides is 1. The van der Waals surface area contributed by atoms with E-state index in [0.717, 1.165) is 10.4 Å². The van der Waals surface area contributed by atoms with E-state index >= 15 is 0 Å². The number of rotatable bonds is 3. The van der Waals surface area contributed by atoms with Crippen molar-refractivity contribution in [2.75, 3.05) is 13.1 Å². The van der Waals surface area contributed by atoms with E-state index in [4.69, 9.17) is 16.7 Å². The van der Waals surface area contributed by atoms with Gasteiger partial charge < -0.3 is 10.2 Å². The molecule has 1 aromatic carbocycles. The fourth-order valence-electron chi connectivity index (χ4n) is 2.11. The van der Waals surface area contributed by atoms with E-state index in [9.17, 15) is 18.3 Å². The van der Waals surface area contributed by atoms with Gasteiger partial charge in [0.2, 0.25) is 10.0 Å². The number of aliphatic hydroxyl groups excluding tert-OH is 1. The lowest BCUT2D eigenvalue weighted by Crippen LogP contribution is -2.42. The van der Waals surface area contributed by atoms with E-state index in [0.29, 0.717) is 12.8 Å². The van der Waals surface area contributed by atoms with E-state index < -0.39 is 22.1 Å². The molecule has 8 heteroatoms. The maximum Gasteiger partial charge on any atom is 0.335 e. The fraction of sp³-hybridized carbons (Fsp3) is 0.417. The number of carbonyl (C=O) groups is 1. The third kappa shape index (κ3) is 2.95. The zero-order valence-corrected chi connectivity index (χ0v) is 12.1. The highest BCUT2D eigenvalue weighted by Crippen LogP contribution is 2.27. The summed E-state index contributed by atoms with van der Waals surface area (Å²) in [7, 11) is -3.90. The van der Waals surface area contributed by atoms with Gasteiger partial charge in [-0.05, 0) is 31.0 Å². The minimum absolute atomic E-state index is 0.00401. The van der Waals surface area contributed by atoms with E-state index in [-0.39, 0.29) is 28.6 Å². The topological polar surface area (TPSA) is 94.9 Å². The molecule has 0 aliphatic carbocycles. The van der Waals surface area contributed by atoms with Gasteiger partial charge >= 0.3 is 5.97 Å². The van der Waals surface area contributed by atoms with Crippen molar-refractivity contribution in [3.05, 3.63) is 28.8 Å². The average Bonchev–Trinajstić information content (AvgIpc) is 2.38. The molecule has 1 saturated heterocycles. The van der Waals surface area contributed by atoms with Crippen molar-refractivity contribution in [3.8, 4) is 0 Å². The number of carboxylic acid groups (broad SMARTS) is 1. The van der Waals surface area contributed by atoms with E-state index in [1.54, 1.807) is 0 Å². The molecular weight excluding hydrogens is 306 g/mol. The maximum absolute atomic E-state index is 12.5. The van der Waals surface area contributed by atoms with Gasteiger partial charge in [-0.1, -0.05) is 11.6 Å². The first kappa shape index (κ1) is 15.2. The summed E-state index contributed by atoms with van der Waals surface area (Å²) >= 11 is 5.88. The Balaban J connectivity index is 2.43. The van der Waals surface area contributed by atoms with Crippen LogP contribution in [0.15, 0.2) is 23.1 Å². The third-order valence-electron chi connectivity index (χ3n) is 3.16. The molecule has 0 amide bonds. The molecule has 1 aliphatic heterocycles. The molecule has 0 unspecified atom stereocenters. The van der Waals surface area contributed by atoms with Crippen LogP contribution in [0.2, 0.25) is 5.02 Å². The molecular formula is C12H14ClNO5S. The summed E-state index contributed by atoms with van der Waals surface area (Å²) in [5.41, 5.74) is -0.148. The second-order valence-corrected chi connectivity index (χ2v) is 6.92. The Bertz CT molecular complexity index is 631. The van der Waals surface area contributed by atoms with Crippen LogP contribution >= 0.6 is 11.6 Å². The Kier molecular flexibility index (Phi) is 4.33. The number of halogens is 1. The van der Waals surface area contributed by atoms with Crippen LogP contribution in [-0.2, 0) is 10.0 Å². The van der Waals surface area contributed by atoms with Gasteiger partial charge in [-0.25, -0.2) is 13.2 Å². The lowest BCUT2D eigenvalue weighted by Gasteiger charge is -2.29. The van der Waals surface area contributed by atoms with Gasteiger partial charge in [0.25, 0.3) is 0 Å². The van der Waals surface area contributed by atoms with E-state index in [1.807, 2.05) is 0 Å². The summed E-state index contributed by atoms with van der Waals surface area (Å²) in [6.07, 6.45) is 0.394. The average molecular weight is 320 g/mol. The van der Waals surface area contributed by atoms with Crippen LogP contribution in [0.4, 0.5) is 0 Å². The summed E-state index contributed by atoms with van der Waals surface area (Å²) in [6.45, 7) is 0.281.